The van der Waals surface area contributed by atoms with Crippen LogP contribution in [0.1, 0.15) is 11.3 Å². The van der Waals surface area contributed by atoms with Crippen LogP contribution in [0.25, 0.3) is 6.08 Å². The Morgan fingerprint density at radius 1 is 1.29 bits per heavy atom. The standard InChI is InChI=1S/C15H10ClNO2S2/c16-11-5-3-10(4-6-11)8-13-14(18)17(15(20)21-13)9-12-2-1-7-19-12/h1-8H,9H2/b13-8+. The molecule has 0 N–H and O–H groups in total. The quantitative estimate of drug-likeness (QED) is 0.617. The van der Waals surface area contributed by atoms with Gasteiger partial charge in [0.05, 0.1) is 17.7 Å². The molecule has 106 valence electrons. The number of carbonyl (C=O) groups excluding carboxylic acids is 1. The van der Waals surface area contributed by atoms with Crippen LogP contribution in [0.2, 0.25) is 5.02 Å². The Morgan fingerprint density at radius 3 is 2.71 bits per heavy atom. The summed E-state index contributed by atoms with van der Waals surface area (Å²) >= 11 is 12.4. The summed E-state index contributed by atoms with van der Waals surface area (Å²) in [6.45, 7) is 0.357. The highest BCUT2D eigenvalue weighted by atomic mass is 35.5. The van der Waals surface area contributed by atoms with Gasteiger partial charge in [0.2, 0.25) is 0 Å². The van der Waals surface area contributed by atoms with E-state index in [9.17, 15) is 4.79 Å². The van der Waals surface area contributed by atoms with Crippen LogP contribution >= 0.6 is 35.6 Å². The van der Waals surface area contributed by atoms with Crippen molar-refractivity contribution >= 4 is 51.9 Å². The summed E-state index contributed by atoms with van der Waals surface area (Å²) in [7, 11) is 0. The van der Waals surface area contributed by atoms with E-state index in [4.69, 9.17) is 28.2 Å². The lowest BCUT2D eigenvalue weighted by Gasteiger charge is -2.11. The Balaban J connectivity index is 1.81. The van der Waals surface area contributed by atoms with Gasteiger partial charge in [-0.2, -0.15) is 0 Å². The first-order valence-corrected chi connectivity index (χ1v) is 7.77. The lowest BCUT2D eigenvalue weighted by molar-refractivity contribution is -0.122. The molecule has 0 aliphatic carbocycles. The number of hydrogen-bond donors (Lipinski definition) is 0. The third-order valence-electron chi connectivity index (χ3n) is 2.94. The van der Waals surface area contributed by atoms with Crippen LogP contribution in [-0.2, 0) is 11.3 Å². The minimum Gasteiger partial charge on any atom is -0.467 e. The van der Waals surface area contributed by atoms with E-state index in [0.29, 0.717) is 26.6 Å². The van der Waals surface area contributed by atoms with Crippen molar-refractivity contribution in [1.29, 1.82) is 0 Å². The smallest absolute Gasteiger partial charge is 0.266 e. The molecule has 1 aliphatic heterocycles. The monoisotopic (exact) mass is 335 g/mol. The van der Waals surface area contributed by atoms with E-state index in [2.05, 4.69) is 0 Å². The van der Waals surface area contributed by atoms with E-state index >= 15 is 0 Å². The van der Waals surface area contributed by atoms with Gasteiger partial charge in [0, 0.05) is 5.02 Å². The number of furan rings is 1. The maximum Gasteiger partial charge on any atom is 0.266 e. The van der Waals surface area contributed by atoms with Gasteiger partial charge >= 0.3 is 0 Å². The number of thiocarbonyl (C=S) groups is 1. The topological polar surface area (TPSA) is 33.5 Å². The fourth-order valence-electron chi connectivity index (χ4n) is 1.91. The van der Waals surface area contributed by atoms with E-state index in [1.807, 2.05) is 24.3 Å². The number of amides is 1. The highest BCUT2D eigenvalue weighted by molar-refractivity contribution is 8.26. The molecule has 1 amide bonds. The molecule has 1 aromatic carbocycles. The molecule has 3 nitrogen and oxygen atoms in total. The fraction of sp³-hybridized carbons (Fsp3) is 0.0667. The van der Waals surface area contributed by atoms with Crippen molar-refractivity contribution < 1.29 is 9.21 Å². The predicted octanol–water partition coefficient (Wildman–Crippen LogP) is 4.33. The summed E-state index contributed by atoms with van der Waals surface area (Å²) in [5.74, 6) is 0.607. The highest BCUT2D eigenvalue weighted by Gasteiger charge is 2.32. The zero-order chi connectivity index (χ0) is 14.8. The normalized spacial score (nSPS) is 17.0. The van der Waals surface area contributed by atoms with Crippen LogP contribution < -0.4 is 0 Å². The lowest BCUT2D eigenvalue weighted by atomic mass is 10.2. The molecule has 3 rings (SSSR count). The van der Waals surface area contributed by atoms with Crippen molar-refractivity contribution in [3.05, 3.63) is 63.9 Å². The maximum absolute atomic E-state index is 12.4. The average molecular weight is 336 g/mol. The van der Waals surface area contributed by atoms with Crippen LogP contribution in [0.15, 0.2) is 52.0 Å². The fourth-order valence-corrected chi connectivity index (χ4v) is 3.29. The van der Waals surface area contributed by atoms with Crippen LogP contribution in [0.3, 0.4) is 0 Å². The molecule has 21 heavy (non-hydrogen) atoms. The Morgan fingerprint density at radius 2 is 2.05 bits per heavy atom. The maximum atomic E-state index is 12.4. The molecule has 0 radical (unpaired) electrons. The van der Waals surface area contributed by atoms with Crippen molar-refractivity contribution in [3.63, 3.8) is 0 Å². The molecular weight excluding hydrogens is 326 g/mol. The van der Waals surface area contributed by atoms with Crippen molar-refractivity contribution in [2.24, 2.45) is 0 Å². The van der Waals surface area contributed by atoms with Gasteiger partial charge in [-0.15, -0.1) is 0 Å². The van der Waals surface area contributed by atoms with E-state index in [1.54, 1.807) is 29.4 Å². The van der Waals surface area contributed by atoms with Crippen LogP contribution in [0.5, 0.6) is 0 Å². The Hall–Kier alpha value is -1.56. The number of thioether (sulfide) groups is 1. The highest BCUT2D eigenvalue weighted by Crippen LogP contribution is 2.33. The van der Waals surface area contributed by atoms with Gasteiger partial charge in [-0.1, -0.05) is 47.7 Å². The summed E-state index contributed by atoms with van der Waals surface area (Å²) in [5, 5.41) is 0.664. The van der Waals surface area contributed by atoms with Crippen LogP contribution in [0, 0.1) is 0 Å². The van der Waals surface area contributed by atoms with Crippen molar-refractivity contribution in [3.8, 4) is 0 Å². The number of rotatable bonds is 3. The second-order valence-electron chi connectivity index (χ2n) is 4.40. The van der Waals surface area contributed by atoms with E-state index in [0.717, 1.165) is 5.56 Å². The first kappa shape index (κ1) is 14.4. The first-order chi connectivity index (χ1) is 10.1. The summed E-state index contributed by atoms with van der Waals surface area (Å²) in [5.41, 5.74) is 0.915. The number of carbonyl (C=O) groups is 1. The summed E-state index contributed by atoms with van der Waals surface area (Å²) in [6, 6.07) is 10.9. The lowest BCUT2D eigenvalue weighted by Crippen LogP contribution is -2.27. The molecule has 0 unspecified atom stereocenters. The van der Waals surface area contributed by atoms with E-state index in [-0.39, 0.29) is 5.91 Å². The van der Waals surface area contributed by atoms with Gasteiger partial charge in [-0.05, 0) is 35.9 Å². The largest absolute Gasteiger partial charge is 0.467 e. The molecule has 2 aromatic rings. The predicted molar refractivity (Wildman–Crippen MR) is 88.9 cm³/mol. The van der Waals surface area contributed by atoms with Gasteiger partial charge in [-0.25, -0.2) is 0 Å². The Labute approximate surface area is 136 Å². The van der Waals surface area contributed by atoms with E-state index in [1.165, 1.54) is 11.8 Å². The number of hydrogen-bond acceptors (Lipinski definition) is 4. The number of halogens is 1. The van der Waals surface area contributed by atoms with Gasteiger partial charge in [0.25, 0.3) is 5.91 Å². The summed E-state index contributed by atoms with van der Waals surface area (Å²) in [4.78, 5) is 14.5. The third-order valence-corrected chi connectivity index (χ3v) is 4.57. The second-order valence-corrected chi connectivity index (χ2v) is 6.51. The Kier molecular flexibility index (Phi) is 4.14. The van der Waals surface area contributed by atoms with Crippen molar-refractivity contribution in [2.75, 3.05) is 0 Å². The minimum absolute atomic E-state index is 0.101. The third kappa shape index (κ3) is 3.20. The van der Waals surface area contributed by atoms with Crippen molar-refractivity contribution in [1.82, 2.24) is 4.90 Å². The molecule has 1 aromatic heterocycles. The van der Waals surface area contributed by atoms with Gasteiger partial charge < -0.3 is 4.42 Å². The zero-order valence-corrected chi connectivity index (χ0v) is 13.2. The molecule has 0 atom stereocenters. The minimum atomic E-state index is -0.101. The number of benzene rings is 1. The average Bonchev–Trinajstić information content (AvgIpc) is 3.06. The molecule has 0 bridgehead atoms. The zero-order valence-electron chi connectivity index (χ0n) is 10.8. The molecular formula is C15H10ClNO2S2. The molecule has 1 aliphatic rings. The second kappa shape index (κ2) is 6.05. The Bertz CT molecular complexity index is 708. The van der Waals surface area contributed by atoms with Gasteiger partial charge in [0.1, 0.15) is 10.1 Å². The molecule has 0 spiro atoms. The van der Waals surface area contributed by atoms with Gasteiger partial charge in [0.15, 0.2) is 0 Å². The SMILES string of the molecule is O=C1/C(=C\c2ccc(Cl)cc2)SC(=S)N1Cc1ccco1. The van der Waals surface area contributed by atoms with Crippen LogP contribution in [0.4, 0.5) is 0 Å². The number of nitrogens with zero attached hydrogens (tertiary/aromatic N) is 1. The van der Waals surface area contributed by atoms with E-state index < -0.39 is 0 Å². The summed E-state index contributed by atoms with van der Waals surface area (Å²) < 4.78 is 5.80. The molecule has 6 heteroatoms. The molecule has 2 heterocycles. The molecule has 1 fully saturated rings. The van der Waals surface area contributed by atoms with Crippen LogP contribution in [-0.4, -0.2) is 15.1 Å². The first-order valence-electron chi connectivity index (χ1n) is 6.17. The van der Waals surface area contributed by atoms with Gasteiger partial charge in [-0.3, -0.25) is 9.69 Å². The molecule has 1 saturated heterocycles. The summed E-state index contributed by atoms with van der Waals surface area (Å²) in [6.07, 6.45) is 3.40. The molecule has 0 saturated carbocycles. The van der Waals surface area contributed by atoms with Crippen molar-refractivity contribution in [2.45, 2.75) is 6.54 Å².